The number of nitrogens with zero attached hydrogens (tertiary/aromatic N) is 3. The summed E-state index contributed by atoms with van der Waals surface area (Å²) in [5.41, 5.74) is 1.29. The molecule has 2 N–H and O–H groups in total. The third kappa shape index (κ3) is 5.49. The van der Waals surface area contributed by atoms with Gasteiger partial charge in [0.1, 0.15) is 17.5 Å². The monoisotopic (exact) mass is 445 g/mol. The summed E-state index contributed by atoms with van der Waals surface area (Å²) in [5.74, 6) is -0.823. The Kier molecular flexibility index (Phi) is 7.65. The lowest BCUT2D eigenvalue weighted by molar-refractivity contribution is -0.384. The highest BCUT2D eigenvalue weighted by Crippen LogP contribution is 2.30. The Morgan fingerprint density at radius 3 is 2.39 bits per heavy atom. The first-order valence-corrected chi connectivity index (χ1v) is 10.6. The van der Waals surface area contributed by atoms with E-state index in [0.717, 1.165) is 25.7 Å². The number of hydrogen-bond donors (Lipinski definition) is 2. The van der Waals surface area contributed by atoms with Gasteiger partial charge >= 0.3 is 0 Å². The summed E-state index contributed by atoms with van der Waals surface area (Å²) >= 11 is 0. The number of nitrogens with one attached hydrogen (secondary N) is 2. The number of nitro groups is 1. The molecule has 0 aromatic heterocycles. The fourth-order valence-electron chi connectivity index (χ4n) is 3.38. The zero-order valence-electron chi connectivity index (χ0n) is 18.1. The third-order valence-corrected chi connectivity index (χ3v) is 5.12. The van der Waals surface area contributed by atoms with E-state index in [-0.39, 0.29) is 28.4 Å². The lowest BCUT2D eigenvalue weighted by Crippen LogP contribution is -2.30. The van der Waals surface area contributed by atoms with Gasteiger partial charge in [-0.05, 0) is 18.6 Å². The smallest absolute Gasteiger partial charge is 0.269 e. The van der Waals surface area contributed by atoms with Crippen molar-refractivity contribution in [3.05, 3.63) is 80.9 Å². The van der Waals surface area contributed by atoms with Crippen molar-refractivity contribution in [2.75, 3.05) is 6.54 Å². The van der Waals surface area contributed by atoms with E-state index in [2.05, 4.69) is 22.5 Å². The Balaban J connectivity index is 1.84. The van der Waals surface area contributed by atoms with Crippen LogP contribution in [0.5, 0.6) is 0 Å². The number of nitriles is 1. The molecule has 3 rings (SSSR count). The van der Waals surface area contributed by atoms with Crippen LogP contribution in [0.25, 0.3) is 5.70 Å². The van der Waals surface area contributed by atoms with Crippen molar-refractivity contribution in [1.82, 2.24) is 10.6 Å². The summed E-state index contributed by atoms with van der Waals surface area (Å²) in [6.07, 6.45) is 3.98. The number of non-ortho nitro benzene ring substituents is 1. The summed E-state index contributed by atoms with van der Waals surface area (Å²) in [6.45, 7) is 2.57. The lowest BCUT2D eigenvalue weighted by Gasteiger charge is -2.06. The van der Waals surface area contributed by atoms with E-state index in [1.807, 2.05) is 6.07 Å². The molecule has 33 heavy (non-hydrogen) atoms. The van der Waals surface area contributed by atoms with E-state index in [9.17, 15) is 25.0 Å². The number of nitro benzene ring substituents is 1. The molecule has 2 amide bonds. The second-order valence-corrected chi connectivity index (χ2v) is 7.42. The zero-order valence-corrected chi connectivity index (χ0v) is 18.1. The number of aliphatic imine (C=N–C) groups is 1. The quantitative estimate of drug-likeness (QED) is 0.210. The average molecular weight is 445 g/mol. The molecule has 0 bridgehead atoms. The molecule has 1 heterocycles. The zero-order chi connectivity index (χ0) is 23.8. The fourth-order valence-corrected chi connectivity index (χ4v) is 3.38. The Hall–Kier alpha value is -4.32. The van der Waals surface area contributed by atoms with Gasteiger partial charge < -0.3 is 10.6 Å². The van der Waals surface area contributed by atoms with Crippen molar-refractivity contribution >= 4 is 29.0 Å². The molecule has 2 aromatic carbocycles. The summed E-state index contributed by atoms with van der Waals surface area (Å²) in [4.78, 5) is 40.0. The number of amidine groups is 1. The van der Waals surface area contributed by atoms with E-state index in [0.29, 0.717) is 17.7 Å². The van der Waals surface area contributed by atoms with Crippen molar-refractivity contribution < 1.29 is 14.5 Å². The maximum atomic E-state index is 12.7. The topological polar surface area (TPSA) is 137 Å². The number of unbranched alkanes of at least 4 members (excludes halogenated alkanes) is 3. The maximum absolute atomic E-state index is 12.7. The Labute approximate surface area is 191 Å². The highest BCUT2D eigenvalue weighted by atomic mass is 16.6. The molecule has 0 saturated carbocycles. The van der Waals surface area contributed by atoms with E-state index in [1.165, 1.54) is 24.3 Å². The van der Waals surface area contributed by atoms with Gasteiger partial charge in [-0.3, -0.25) is 19.7 Å². The first kappa shape index (κ1) is 23.3. The normalized spacial score (nSPS) is 13.4. The van der Waals surface area contributed by atoms with Crippen LogP contribution in [0.3, 0.4) is 0 Å². The highest BCUT2D eigenvalue weighted by Gasteiger charge is 2.27. The van der Waals surface area contributed by atoms with Crippen LogP contribution >= 0.6 is 0 Å². The number of carbonyl (C=O) groups excluding carboxylic acids is 2. The molecule has 2 aromatic rings. The average Bonchev–Trinajstić information content (AvgIpc) is 3.17. The number of amides is 2. The molecule has 0 spiro atoms. The summed E-state index contributed by atoms with van der Waals surface area (Å²) < 4.78 is 0. The largest absolute Gasteiger partial charge is 0.351 e. The number of hydrogen-bond acceptors (Lipinski definition) is 6. The molecule has 0 atom stereocenters. The summed E-state index contributed by atoms with van der Waals surface area (Å²) in [5, 5.41) is 25.9. The minimum atomic E-state index is -0.547. The van der Waals surface area contributed by atoms with Crippen LogP contribution in [0.1, 0.15) is 54.1 Å². The second-order valence-electron chi connectivity index (χ2n) is 7.42. The number of rotatable bonds is 8. The first-order chi connectivity index (χ1) is 16.0. The molecule has 1 aliphatic rings. The lowest BCUT2D eigenvalue weighted by atomic mass is 10.0. The van der Waals surface area contributed by atoms with Crippen LogP contribution in [0.2, 0.25) is 0 Å². The van der Waals surface area contributed by atoms with Gasteiger partial charge in [0.05, 0.1) is 10.6 Å². The molecule has 0 aliphatic carbocycles. The molecule has 1 aliphatic heterocycles. The predicted octanol–water partition coefficient (Wildman–Crippen LogP) is 3.72. The molecule has 0 fully saturated rings. The molecular weight excluding hydrogens is 422 g/mol. The Morgan fingerprint density at radius 2 is 1.76 bits per heavy atom. The van der Waals surface area contributed by atoms with Crippen molar-refractivity contribution in [3.63, 3.8) is 0 Å². The van der Waals surface area contributed by atoms with E-state index in [4.69, 9.17) is 0 Å². The molecule has 168 valence electrons. The van der Waals surface area contributed by atoms with Crippen molar-refractivity contribution in [3.8, 4) is 6.07 Å². The molecular formula is C24H23N5O4. The van der Waals surface area contributed by atoms with Crippen LogP contribution in [-0.2, 0) is 4.79 Å². The Morgan fingerprint density at radius 1 is 1.06 bits per heavy atom. The second kappa shape index (κ2) is 10.8. The summed E-state index contributed by atoms with van der Waals surface area (Å²) in [7, 11) is 0. The first-order valence-electron chi connectivity index (χ1n) is 10.6. The van der Waals surface area contributed by atoms with Crippen molar-refractivity contribution in [2.45, 2.75) is 32.6 Å². The molecule has 0 radical (unpaired) electrons. The minimum Gasteiger partial charge on any atom is -0.351 e. The van der Waals surface area contributed by atoms with Gasteiger partial charge in [-0.2, -0.15) is 5.26 Å². The van der Waals surface area contributed by atoms with Crippen LogP contribution < -0.4 is 10.6 Å². The van der Waals surface area contributed by atoms with Gasteiger partial charge in [0, 0.05) is 35.4 Å². The number of fused-ring (bicyclic) bond motifs is 1. The minimum absolute atomic E-state index is 0.125. The van der Waals surface area contributed by atoms with Crippen molar-refractivity contribution in [2.24, 2.45) is 4.99 Å². The fraction of sp³-hybridized carbons (Fsp3) is 0.250. The molecule has 0 saturated heterocycles. The SMILES string of the molecule is CCCCCCNC(=O)C(C#N)=C1N=C(NC(=O)c2ccc([N+](=O)[O-])cc2)c2ccccc21. The molecule has 9 heteroatoms. The van der Waals surface area contributed by atoms with Gasteiger partial charge in [0.2, 0.25) is 0 Å². The van der Waals surface area contributed by atoms with Gasteiger partial charge in [-0.25, -0.2) is 4.99 Å². The predicted molar refractivity (Wildman–Crippen MR) is 123 cm³/mol. The number of benzene rings is 2. The van der Waals surface area contributed by atoms with E-state index in [1.54, 1.807) is 24.3 Å². The highest BCUT2D eigenvalue weighted by molar-refractivity contribution is 6.20. The van der Waals surface area contributed by atoms with E-state index < -0.39 is 16.7 Å². The van der Waals surface area contributed by atoms with Gasteiger partial charge in [0.25, 0.3) is 17.5 Å². The standard InChI is InChI=1S/C24H23N5O4/c1-2-3-4-7-14-26-24(31)20(15-25)21-18-8-5-6-9-19(18)22(27-21)28-23(30)16-10-12-17(13-11-16)29(32)33/h5-6,8-13H,2-4,7,14H2,1H3,(H,26,31)(H,27,28,30). The van der Waals surface area contributed by atoms with Gasteiger partial charge in [-0.1, -0.05) is 50.5 Å². The van der Waals surface area contributed by atoms with Crippen molar-refractivity contribution in [1.29, 1.82) is 5.26 Å². The number of carbonyl (C=O) groups is 2. The van der Waals surface area contributed by atoms with Gasteiger partial charge in [-0.15, -0.1) is 0 Å². The summed E-state index contributed by atoms with van der Waals surface area (Å²) in [6, 6.07) is 14.1. The van der Waals surface area contributed by atoms with Crippen LogP contribution in [0, 0.1) is 21.4 Å². The third-order valence-electron chi connectivity index (χ3n) is 5.12. The molecule has 0 unspecified atom stereocenters. The van der Waals surface area contributed by atoms with Crippen LogP contribution in [0.4, 0.5) is 5.69 Å². The maximum Gasteiger partial charge on any atom is 0.269 e. The van der Waals surface area contributed by atoms with Crippen LogP contribution in [-0.4, -0.2) is 29.1 Å². The Bertz CT molecular complexity index is 1180. The van der Waals surface area contributed by atoms with E-state index >= 15 is 0 Å². The van der Waals surface area contributed by atoms with Crippen LogP contribution in [0.15, 0.2) is 59.1 Å². The molecule has 9 nitrogen and oxygen atoms in total. The van der Waals surface area contributed by atoms with Gasteiger partial charge in [0.15, 0.2) is 0 Å².